The zero-order valence-electron chi connectivity index (χ0n) is 11.5. The van der Waals surface area contributed by atoms with E-state index in [4.69, 9.17) is 0 Å². The molecular weight excluding hydrogens is 264 g/mol. The van der Waals surface area contributed by atoms with Crippen LogP contribution in [-0.4, -0.2) is 14.9 Å². The van der Waals surface area contributed by atoms with Crippen molar-refractivity contribution in [3.8, 4) is 5.69 Å². The van der Waals surface area contributed by atoms with Gasteiger partial charge < -0.3 is 5.11 Å². The highest BCUT2D eigenvalue weighted by Crippen LogP contribution is 2.22. The molecule has 1 N–H and O–H groups in total. The normalized spacial score (nSPS) is 15.6. The van der Waals surface area contributed by atoms with E-state index in [1.165, 1.54) is 6.07 Å². The fourth-order valence-corrected chi connectivity index (χ4v) is 2.33. The van der Waals surface area contributed by atoms with Crippen LogP contribution in [-0.2, 0) is 0 Å². The highest BCUT2D eigenvalue weighted by molar-refractivity contribution is 5.33. The molecule has 1 unspecified atom stereocenters. The highest BCUT2D eigenvalue weighted by atomic mass is 16.3. The maximum absolute atomic E-state index is 12.0. The van der Waals surface area contributed by atoms with Crippen LogP contribution in [0.15, 0.2) is 71.2 Å². The van der Waals surface area contributed by atoms with Gasteiger partial charge >= 0.3 is 0 Å². The van der Waals surface area contributed by atoms with Crippen LogP contribution < -0.4 is 5.43 Å². The third kappa shape index (κ3) is 2.85. The van der Waals surface area contributed by atoms with Crippen molar-refractivity contribution < 1.29 is 5.11 Å². The fraction of sp³-hybridized carbons (Fsp3) is 0.176. The largest absolute Gasteiger partial charge is 0.382 e. The summed E-state index contributed by atoms with van der Waals surface area (Å²) in [5.74, 6) is 0. The number of allylic oxidation sites excluding steroid dienone is 2. The third-order valence-corrected chi connectivity index (χ3v) is 3.45. The van der Waals surface area contributed by atoms with Gasteiger partial charge in [-0.1, -0.05) is 36.4 Å². The summed E-state index contributed by atoms with van der Waals surface area (Å²) in [6, 6.07) is 10.9. The Kier molecular flexibility index (Phi) is 3.79. The van der Waals surface area contributed by atoms with Gasteiger partial charge in [-0.2, -0.15) is 5.10 Å². The molecule has 0 bridgehead atoms. The van der Waals surface area contributed by atoms with Crippen molar-refractivity contribution in [3.05, 3.63) is 82.3 Å². The molecule has 1 aromatic heterocycles. The predicted octanol–water partition coefficient (Wildman–Crippen LogP) is 2.54. The van der Waals surface area contributed by atoms with Crippen LogP contribution in [0.4, 0.5) is 0 Å². The first-order valence-electron chi connectivity index (χ1n) is 6.95. The van der Waals surface area contributed by atoms with E-state index in [0.717, 1.165) is 24.1 Å². The predicted molar refractivity (Wildman–Crippen MR) is 81.3 cm³/mol. The molecule has 0 radical (unpaired) electrons. The lowest BCUT2D eigenvalue weighted by Crippen LogP contribution is -2.20. The van der Waals surface area contributed by atoms with Gasteiger partial charge in [-0.3, -0.25) is 4.79 Å². The molecule has 1 heterocycles. The SMILES string of the molecule is O=c1ccn(-c2ccccc2)nc1C(O)C1=CCCC=C1. The van der Waals surface area contributed by atoms with Crippen molar-refractivity contribution in [2.45, 2.75) is 18.9 Å². The summed E-state index contributed by atoms with van der Waals surface area (Å²) in [6.07, 6.45) is 8.27. The summed E-state index contributed by atoms with van der Waals surface area (Å²) in [6.45, 7) is 0. The summed E-state index contributed by atoms with van der Waals surface area (Å²) >= 11 is 0. The van der Waals surface area contributed by atoms with Crippen molar-refractivity contribution in [1.82, 2.24) is 9.78 Å². The first-order chi connectivity index (χ1) is 10.3. The standard InChI is InChI=1S/C17H16N2O2/c20-15-11-12-19(14-9-5-2-6-10-14)18-16(15)17(21)13-7-3-1-4-8-13/h2-3,5-12,17,21H,1,4H2. The van der Waals surface area contributed by atoms with Crippen LogP contribution in [0.5, 0.6) is 0 Å². The van der Waals surface area contributed by atoms with Crippen molar-refractivity contribution in [2.75, 3.05) is 0 Å². The lowest BCUT2D eigenvalue weighted by molar-refractivity contribution is 0.210. The molecule has 106 valence electrons. The average molecular weight is 280 g/mol. The molecule has 3 rings (SSSR count). The van der Waals surface area contributed by atoms with Crippen molar-refractivity contribution >= 4 is 0 Å². The molecule has 1 atom stereocenters. The Labute approximate surface area is 122 Å². The monoisotopic (exact) mass is 280 g/mol. The van der Waals surface area contributed by atoms with Crippen molar-refractivity contribution in [2.24, 2.45) is 0 Å². The van der Waals surface area contributed by atoms with Gasteiger partial charge in [0.15, 0.2) is 0 Å². The van der Waals surface area contributed by atoms with Gasteiger partial charge in [-0.25, -0.2) is 4.68 Å². The topological polar surface area (TPSA) is 55.1 Å². The number of para-hydroxylation sites is 1. The lowest BCUT2D eigenvalue weighted by Gasteiger charge is -2.15. The maximum Gasteiger partial charge on any atom is 0.206 e. The summed E-state index contributed by atoms with van der Waals surface area (Å²) in [4.78, 5) is 12.0. The number of benzene rings is 1. The Bertz CT molecular complexity index is 745. The Morgan fingerprint density at radius 2 is 1.95 bits per heavy atom. The van der Waals surface area contributed by atoms with E-state index >= 15 is 0 Å². The second kappa shape index (κ2) is 5.89. The fourth-order valence-electron chi connectivity index (χ4n) is 2.33. The van der Waals surface area contributed by atoms with Crippen LogP contribution >= 0.6 is 0 Å². The second-order valence-corrected chi connectivity index (χ2v) is 4.93. The van der Waals surface area contributed by atoms with E-state index in [-0.39, 0.29) is 11.1 Å². The van der Waals surface area contributed by atoms with E-state index < -0.39 is 6.10 Å². The number of hydrogen-bond donors (Lipinski definition) is 1. The van der Waals surface area contributed by atoms with Gasteiger partial charge in [-0.05, 0) is 30.5 Å². The van der Waals surface area contributed by atoms with Crippen LogP contribution in [0.3, 0.4) is 0 Å². The molecule has 2 aromatic rings. The van der Waals surface area contributed by atoms with Gasteiger partial charge in [-0.15, -0.1) is 0 Å². The number of hydrogen-bond acceptors (Lipinski definition) is 3. The summed E-state index contributed by atoms with van der Waals surface area (Å²) in [7, 11) is 0. The van der Waals surface area contributed by atoms with Gasteiger partial charge in [0.25, 0.3) is 0 Å². The summed E-state index contributed by atoms with van der Waals surface area (Å²) in [5, 5.41) is 14.7. The highest BCUT2D eigenvalue weighted by Gasteiger charge is 2.18. The van der Waals surface area contributed by atoms with Crippen LogP contribution in [0.2, 0.25) is 0 Å². The maximum atomic E-state index is 12.0. The Morgan fingerprint density at radius 3 is 2.67 bits per heavy atom. The molecule has 4 nitrogen and oxygen atoms in total. The van der Waals surface area contributed by atoms with E-state index in [2.05, 4.69) is 5.10 Å². The molecule has 1 aliphatic carbocycles. The minimum Gasteiger partial charge on any atom is -0.382 e. The molecule has 0 fully saturated rings. The summed E-state index contributed by atoms with van der Waals surface area (Å²) < 4.78 is 1.60. The number of nitrogens with zero attached hydrogens (tertiary/aromatic N) is 2. The average Bonchev–Trinajstić information content (AvgIpc) is 2.56. The van der Waals surface area contributed by atoms with Gasteiger partial charge in [0.2, 0.25) is 5.43 Å². The van der Waals surface area contributed by atoms with Crippen molar-refractivity contribution in [1.29, 1.82) is 0 Å². The minimum atomic E-state index is -0.981. The molecular formula is C17H16N2O2. The van der Waals surface area contributed by atoms with E-state index in [1.807, 2.05) is 48.6 Å². The Hall–Kier alpha value is -2.46. The molecule has 0 saturated carbocycles. The molecule has 0 spiro atoms. The Morgan fingerprint density at radius 1 is 1.14 bits per heavy atom. The minimum absolute atomic E-state index is 0.152. The number of aliphatic hydroxyl groups excluding tert-OH is 1. The van der Waals surface area contributed by atoms with Crippen LogP contribution in [0, 0.1) is 0 Å². The molecule has 4 heteroatoms. The molecule has 0 saturated heterocycles. The molecule has 1 aliphatic rings. The lowest BCUT2D eigenvalue weighted by atomic mass is 10.00. The zero-order valence-corrected chi connectivity index (χ0v) is 11.5. The molecule has 1 aromatic carbocycles. The molecule has 0 amide bonds. The van der Waals surface area contributed by atoms with Crippen LogP contribution in [0.1, 0.15) is 24.6 Å². The van der Waals surface area contributed by atoms with Gasteiger partial charge in [0, 0.05) is 12.3 Å². The van der Waals surface area contributed by atoms with E-state index in [1.54, 1.807) is 10.9 Å². The zero-order chi connectivity index (χ0) is 14.7. The number of aliphatic hydroxyl groups is 1. The van der Waals surface area contributed by atoms with E-state index in [9.17, 15) is 9.90 Å². The molecule has 0 aliphatic heterocycles. The first-order valence-corrected chi connectivity index (χ1v) is 6.95. The van der Waals surface area contributed by atoms with Gasteiger partial charge in [0.1, 0.15) is 11.8 Å². The van der Waals surface area contributed by atoms with Gasteiger partial charge in [0.05, 0.1) is 5.69 Å². The molecule has 21 heavy (non-hydrogen) atoms. The number of rotatable bonds is 3. The van der Waals surface area contributed by atoms with E-state index in [0.29, 0.717) is 0 Å². The van der Waals surface area contributed by atoms with Crippen LogP contribution in [0.25, 0.3) is 5.69 Å². The van der Waals surface area contributed by atoms with Crippen molar-refractivity contribution in [3.63, 3.8) is 0 Å². The summed E-state index contributed by atoms with van der Waals surface area (Å²) in [5.41, 5.74) is 1.48. The number of aromatic nitrogens is 2. The quantitative estimate of drug-likeness (QED) is 0.940. The second-order valence-electron chi connectivity index (χ2n) is 4.93. The Balaban J connectivity index is 2.01. The third-order valence-electron chi connectivity index (χ3n) is 3.45. The smallest absolute Gasteiger partial charge is 0.206 e. The first kappa shape index (κ1) is 13.5.